The second kappa shape index (κ2) is 11.2. The second-order valence-corrected chi connectivity index (χ2v) is 6.95. The van der Waals surface area contributed by atoms with Gasteiger partial charge in [0.25, 0.3) is 11.6 Å². The highest BCUT2D eigenvalue weighted by molar-refractivity contribution is 6.10. The van der Waals surface area contributed by atoms with Gasteiger partial charge in [-0.2, -0.15) is 5.26 Å². The van der Waals surface area contributed by atoms with E-state index in [4.69, 9.17) is 14.2 Å². The van der Waals surface area contributed by atoms with Crippen molar-refractivity contribution in [1.82, 2.24) is 0 Å². The van der Waals surface area contributed by atoms with Crippen LogP contribution in [0, 0.1) is 21.4 Å². The smallest absolute Gasteiger partial charge is 0.269 e. The molecule has 3 aromatic carbocycles. The lowest BCUT2D eigenvalue weighted by molar-refractivity contribution is -0.384. The van der Waals surface area contributed by atoms with Gasteiger partial charge >= 0.3 is 0 Å². The van der Waals surface area contributed by atoms with E-state index in [2.05, 4.69) is 5.32 Å². The number of para-hydroxylation sites is 2. The van der Waals surface area contributed by atoms with Gasteiger partial charge < -0.3 is 19.5 Å². The molecule has 34 heavy (non-hydrogen) atoms. The van der Waals surface area contributed by atoms with Gasteiger partial charge in [-0.3, -0.25) is 14.9 Å². The molecular weight excluding hydrogens is 438 g/mol. The molecule has 9 heteroatoms. The van der Waals surface area contributed by atoms with Gasteiger partial charge in [-0.15, -0.1) is 0 Å². The monoisotopic (exact) mass is 459 g/mol. The fourth-order valence-electron chi connectivity index (χ4n) is 3.02. The first-order valence-corrected chi connectivity index (χ1v) is 10.1. The van der Waals surface area contributed by atoms with Crippen molar-refractivity contribution in [2.24, 2.45) is 0 Å². The third-order valence-corrected chi connectivity index (χ3v) is 4.76. The minimum absolute atomic E-state index is 0.000475. The van der Waals surface area contributed by atoms with Gasteiger partial charge in [0.1, 0.15) is 24.0 Å². The number of hydrogen-bond acceptors (Lipinski definition) is 7. The van der Waals surface area contributed by atoms with Crippen LogP contribution in [0.1, 0.15) is 11.1 Å². The summed E-state index contributed by atoms with van der Waals surface area (Å²) in [5.74, 6) is 0.738. The van der Waals surface area contributed by atoms with E-state index >= 15 is 0 Å². The van der Waals surface area contributed by atoms with Crippen molar-refractivity contribution >= 4 is 23.4 Å². The predicted octanol–water partition coefficient (Wildman–Crippen LogP) is 4.74. The Morgan fingerprint density at radius 2 is 1.74 bits per heavy atom. The van der Waals surface area contributed by atoms with Crippen molar-refractivity contribution in [1.29, 1.82) is 5.26 Å². The number of hydrogen-bond donors (Lipinski definition) is 1. The number of carbonyl (C=O) groups excluding carboxylic acids is 1. The molecule has 0 spiro atoms. The summed E-state index contributed by atoms with van der Waals surface area (Å²) >= 11 is 0. The largest absolute Gasteiger partial charge is 0.495 e. The lowest BCUT2D eigenvalue weighted by Crippen LogP contribution is -2.14. The van der Waals surface area contributed by atoms with Gasteiger partial charge in [0, 0.05) is 12.1 Å². The number of anilines is 1. The van der Waals surface area contributed by atoms with Crippen LogP contribution in [0.3, 0.4) is 0 Å². The molecule has 9 nitrogen and oxygen atoms in total. The average Bonchev–Trinajstić information content (AvgIpc) is 2.86. The van der Waals surface area contributed by atoms with E-state index in [1.54, 1.807) is 54.6 Å². The number of benzene rings is 3. The molecule has 1 amide bonds. The fourth-order valence-corrected chi connectivity index (χ4v) is 3.02. The highest BCUT2D eigenvalue weighted by atomic mass is 16.6. The van der Waals surface area contributed by atoms with E-state index in [1.165, 1.54) is 32.4 Å². The maximum atomic E-state index is 12.6. The number of non-ortho nitro benzene ring substituents is 1. The maximum Gasteiger partial charge on any atom is 0.269 e. The third kappa shape index (κ3) is 5.89. The standard InChI is InChI=1S/C25H21N3O6/c1-32-22-6-4-3-5-21(22)27-25(29)19(15-26)13-18-9-12-23(24(14-18)33-2)34-16-17-7-10-20(11-8-17)28(30)31/h3-14H,16H2,1-2H3,(H,27,29)/b19-13+. The van der Waals surface area contributed by atoms with Crippen LogP contribution >= 0.6 is 0 Å². The van der Waals surface area contributed by atoms with Crippen molar-refractivity contribution < 1.29 is 23.9 Å². The summed E-state index contributed by atoms with van der Waals surface area (Å²) in [4.78, 5) is 22.9. The Morgan fingerprint density at radius 3 is 2.38 bits per heavy atom. The SMILES string of the molecule is COc1ccccc1NC(=O)/C(C#N)=C/c1ccc(OCc2ccc([N+](=O)[O-])cc2)c(OC)c1. The molecule has 0 saturated heterocycles. The van der Waals surface area contributed by atoms with Gasteiger partial charge in [0.2, 0.25) is 0 Å². The molecule has 0 radical (unpaired) electrons. The summed E-state index contributed by atoms with van der Waals surface area (Å²) in [6, 6.07) is 19.8. The Balaban J connectivity index is 1.74. The predicted molar refractivity (Wildman–Crippen MR) is 126 cm³/mol. The molecule has 3 rings (SSSR count). The fraction of sp³-hybridized carbons (Fsp3) is 0.120. The van der Waals surface area contributed by atoms with Crippen molar-refractivity contribution in [3.63, 3.8) is 0 Å². The zero-order valence-corrected chi connectivity index (χ0v) is 18.5. The molecule has 0 aromatic heterocycles. The number of nitriles is 1. The number of amides is 1. The molecule has 172 valence electrons. The highest BCUT2D eigenvalue weighted by Gasteiger charge is 2.13. The molecule has 0 saturated carbocycles. The zero-order valence-electron chi connectivity index (χ0n) is 18.5. The summed E-state index contributed by atoms with van der Waals surface area (Å²) in [6.07, 6.45) is 1.44. The van der Waals surface area contributed by atoms with E-state index in [1.807, 2.05) is 6.07 Å². The number of methoxy groups -OCH3 is 2. The van der Waals surface area contributed by atoms with E-state index in [9.17, 15) is 20.2 Å². The Labute approximate surface area is 196 Å². The molecule has 0 bridgehead atoms. The van der Waals surface area contributed by atoms with Crippen molar-refractivity contribution in [3.8, 4) is 23.3 Å². The van der Waals surface area contributed by atoms with Gasteiger partial charge in [-0.25, -0.2) is 0 Å². The summed E-state index contributed by atoms with van der Waals surface area (Å²) in [7, 11) is 2.96. The maximum absolute atomic E-state index is 12.6. The first-order valence-electron chi connectivity index (χ1n) is 10.1. The summed E-state index contributed by atoms with van der Waals surface area (Å²) in [5.41, 5.74) is 1.65. The van der Waals surface area contributed by atoms with E-state index in [-0.39, 0.29) is 17.9 Å². The van der Waals surface area contributed by atoms with Gasteiger partial charge in [-0.05, 0) is 53.6 Å². The Kier molecular flexibility index (Phi) is 7.81. The van der Waals surface area contributed by atoms with Crippen LogP contribution in [-0.2, 0) is 11.4 Å². The molecule has 0 heterocycles. The molecule has 0 atom stereocenters. The van der Waals surface area contributed by atoms with E-state index < -0.39 is 10.8 Å². The van der Waals surface area contributed by atoms with Gasteiger partial charge in [-0.1, -0.05) is 18.2 Å². The molecule has 3 aromatic rings. The van der Waals surface area contributed by atoms with Crippen LogP contribution in [0.25, 0.3) is 6.08 Å². The minimum Gasteiger partial charge on any atom is -0.495 e. The normalized spacial score (nSPS) is 10.7. The van der Waals surface area contributed by atoms with Crippen molar-refractivity contribution in [2.45, 2.75) is 6.61 Å². The van der Waals surface area contributed by atoms with Crippen LogP contribution in [0.2, 0.25) is 0 Å². The molecular formula is C25H21N3O6. The molecule has 0 fully saturated rings. The number of ether oxygens (including phenoxy) is 3. The average molecular weight is 459 g/mol. The third-order valence-electron chi connectivity index (χ3n) is 4.76. The first kappa shape index (κ1) is 23.8. The summed E-state index contributed by atoms with van der Waals surface area (Å²) < 4.78 is 16.4. The summed E-state index contributed by atoms with van der Waals surface area (Å²) in [5, 5.41) is 22.9. The Hall–Kier alpha value is -4.84. The molecule has 0 aliphatic heterocycles. The van der Waals surface area contributed by atoms with Crippen molar-refractivity contribution in [2.75, 3.05) is 19.5 Å². The molecule has 1 N–H and O–H groups in total. The van der Waals surface area contributed by atoms with E-state index in [0.29, 0.717) is 28.5 Å². The highest BCUT2D eigenvalue weighted by Crippen LogP contribution is 2.30. The number of nitro benzene ring substituents is 1. The lowest BCUT2D eigenvalue weighted by Gasteiger charge is -2.12. The minimum atomic E-state index is -0.579. The van der Waals surface area contributed by atoms with Crippen LogP contribution in [-0.4, -0.2) is 25.1 Å². The van der Waals surface area contributed by atoms with Crippen molar-refractivity contribution in [3.05, 3.63) is 93.5 Å². The number of nitro groups is 1. The number of carbonyl (C=O) groups is 1. The quantitative estimate of drug-likeness (QED) is 0.212. The second-order valence-electron chi connectivity index (χ2n) is 6.95. The first-order chi connectivity index (χ1) is 16.4. The Morgan fingerprint density at radius 1 is 1.03 bits per heavy atom. The molecule has 0 aliphatic rings. The number of nitrogens with one attached hydrogen (secondary N) is 1. The molecule has 0 aliphatic carbocycles. The van der Waals surface area contributed by atoms with Crippen LogP contribution in [0.4, 0.5) is 11.4 Å². The van der Waals surface area contributed by atoms with Gasteiger partial charge in [0.05, 0.1) is 24.8 Å². The van der Waals surface area contributed by atoms with Crippen LogP contribution in [0.5, 0.6) is 17.2 Å². The Bertz CT molecular complexity index is 1260. The van der Waals surface area contributed by atoms with Crippen LogP contribution < -0.4 is 19.5 Å². The number of nitrogens with zero attached hydrogens (tertiary/aromatic N) is 2. The topological polar surface area (TPSA) is 124 Å². The van der Waals surface area contributed by atoms with E-state index in [0.717, 1.165) is 5.56 Å². The zero-order chi connectivity index (χ0) is 24.5. The van der Waals surface area contributed by atoms with Gasteiger partial charge in [0.15, 0.2) is 11.5 Å². The molecule has 0 unspecified atom stereocenters. The summed E-state index contributed by atoms with van der Waals surface area (Å²) in [6.45, 7) is 0.175. The lowest BCUT2D eigenvalue weighted by atomic mass is 10.1. The van der Waals surface area contributed by atoms with Crippen LogP contribution in [0.15, 0.2) is 72.3 Å². The number of rotatable bonds is 9.